The zero-order chi connectivity index (χ0) is 14.4. The second-order valence-corrected chi connectivity index (χ2v) is 4.89. The monoisotopic (exact) mass is 349 g/mol. The lowest BCUT2D eigenvalue weighted by Crippen LogP contribution is -2.42. The van der Waals surface area contributed by atoms with Gasteiger partial charge in [-0.3, -0.25) is 4.79 Å². The molecular formula is C12H13BrClNO4. The van der Waals surface area contributed by atoms with E-state index in [9.17, 15) is 14.7 Å². The van der Waals surface area contributed by atoms with Crippen LogP contribution in [0.2, 0.25) is 5.02 Å². The summed E-state index contributed by atoms with van der Waals surface area (Å²) in [6, 6.07) is 3.56. The predicted octanol–water partition coefficient (Wildman–Crippen LogP) is 1.81. The molecule has 104 valence electrons. The maximum absolute atomic E-state index is 11.7. The molecule has 1 aromatic rings. The first-order valence-corrected chi connectivity index (χ1v) is 6.67. The Morgan fingerprint density at radius 2 is 2.32 bits per heavy atom. The van der Waals surface area contributed by atoms with E-state index in [1.165, 1.54) is 0 Å². The third-order valence-electron chi connectivity index (χ3n) is 2.39. The third-order valence-corrected chi connectivity index (χ3v) is 3.60. The number of carbonyl (C=O) groups excluding carboxylic acids is 2. The van der Waals surface area contributed by atoms with Crippen molar-refractivity contribution in [3.8, 4) is 0 Å². The molecule has 0 radical (unpaired) electrons. The lowest BCUT2D eigenvalue weighted by molar-refractivity contribution is -0.149. The molecule has 0 bridgehead atoms. The van der Waals surface area contributed by atoms with Gasteiger partial charge >= 0.3 is 5.97 Å². The number of ether oxygens (including phenoxy) is 1. The Hall–Kier alpha value is -1.11. The lowest BCUT2D eigenvalue weighted by atomic mass is 10.0. The molecule has 1 rings (SSSR count). The summed E-state index contributed by atoms with van der Waals surface area (Å²) >= 11 is 9.07. The number of amides is 1. The minimum absolute atomic E-state index is 0.160. The topological polar surface area (TPSA) is 75.6 Å². The minimum Gasteiger partial charge on any atom is -0.464 e. The number of hydrogen-bond acceptors (Lipinski definition) is 4. The van der Waals surface area contributed by atoms with Gasteiger partial charge in [-0.25, -0.2) is 4.79 Å². The summed E-state index contributed by atoms with van der Waals surface area (Å²) in [5.41, 5.74) is 0.434. The minimum atomic E-state index is -1.22. The van der Waals surface area contributed by atoms with E-state index >= 15 is 0 Å². The number of nitrogens with one attached hydrogen (secondary N) is 1. The molecule has 0 heterocycles. The lowest BCUT2D eigenvalue weighted by Gasteiger charge is -2.21. The summed E-state index contributed by atoms with van der Waals surface area (Å²) in [7, 11) is 0. The van der Waals surface area contributed by atoms with E-state index in [2.05, 4.69) is 21.2 Å². The van der Waals surface area contributed by atoms with E-state index in [-0.39, 0.29) is 6.61 Å². The van der Waals surface area contributed by atoms with Crippen molar-refractivity contribution >= 4 is 39.9 Å². The molecule has 0 aliphatic rings. The van der Waals surface area contributed by atoms with Crippen molar-refractivity contribution in [2.45, 2.75) is 19.1 Å². The average molecular weight is 351 g/mol. The Bertz CT molecular complexity index is 469. The van der Waals surface area contributed by atoms with Gasteiger partial charge in [0.05, 0.1) is 11.6 Å². The molecule has 0 saturated heterocycles. The van der Waals surface area contributed by atoms with E-state index in [0.29, 0.717) is 21.5 Å². The molecular weight excluding hydrogens is 337 g/mol. The molecule has 0 aliphatic carbocycles. The Morgan fingerprint density at radius 1 is 1.63 bits per heavy atom. The molecule has 19 heavy (non-hydrogen) atoms. The van der Waals surface area contributed by atoms with Crippen LogP contribution in [0.15, 0.2) is 22.7 Å². The van der Waals surface area contributed by atoms with Crippen LogP contribution in [0.25, 0.3) is 0 Å². The fourth-order valence-electron chi connectivity index (χ4n) is 1.48. The van der Waals surface area contributed by atoms with Gasteiger partial charge in [0, 0.05) is 4.47 Å². The van der Waals surface area contributed by atoms with Crippen LogP contribution in [-0.2, 0) is 14.3 Å². The Morgan fingerprint density at radius 3 is 2.84 bits per heavy atom. The van der Waals surface area contributed by atoms with Gasteiger partial charge < -0.3 is 15.2 Å². The first-order chi connectivity index (χ1) is 9.01. The normalized spacial score (nSPS) is 13.5. The van der Waals surface area contributed by atoms with E-state index in [1.807, 2.05) is 0 Å². The molecule has 1 amide bonds. The molecule has 1 aromatic carbocycles. The van der Waals surface area contributed by atoms with Gasteiger partial charge in [-0.1, -0.05) is 17.7 Å². The van der Waals surface area contributed by atoms with Crippen molar-refractivity contribution < 1.29 is 19.4 Å². The molecule has 0 saturated carbocycles. The SMILES string of the molecule is CCOC(=O)C(NC=O)C(O)c1ccc(Cl)c(Br)c1. The van der Waals surface area contributed by atoms with Crippen molar-refractivity contribution in [3.63, 3.8) is 0 Å². The highest BCUT2D eigenvalue weighted by atomic mass is 79.9. The van der Waals surface area contributed by atoms with Crippen molar-refractivity contribution in [2.75, 3.05) is 6.61 Å². The summed E-state index contributed by atoms with van der Waals surface area (Å²) in [4.78, 5) is 22.2. The Balaban J connectivity index is 2.97. The van der Waals surface area contributed by atoms with Crippen LogP contribution in [0, 0.1) is 0 Å². The van der Waals surface area contributed by atoms with Crippen molar-refractivity contribution in [1.29, 1.82) is 0 Å². The van der Waals surface area contributed by atoms with Crippen LogP contribution in [0.5, 0.6) is 0 Å². The van der Waals surface area contributed by atoms with Gasteiger partial charge in [0.2, 0.25) is 6.41 Å². The quantitative estimate of drug-likeness (QED) is 0.606. The molecule has 2 unspecified atom stereocenters. The van der Waals surface area contributed by atoms with Crippen LogP contribution < -0.4 is 5.32 Å². The molecule has 0 aromatic heterocycles. The standard InChI is InChI=1S/C12H13BrClNO4/c1-2-19-12(18)10(15-6-16)11(17)7-3-4-9(14)8(13)5-7/h3-6,10-11,17H,2H2,1H3,(H,15,16). The van der Waals surface area contributed by atoms with Gasteiger partial charge in [0.25, 0.3) is 0 Å². The van der Waals surface area contributed by atoms with Gasteiger partial charge in [0.15, 0.2) is 6.04 Å². The fourth-order valence-corrected chi connectivity index (χ4v) is 2.00. The highest BCUT2D eigenvalue weighted by Gasteiger charge is 2.29. The van der Waals surface area contributed by atoms with Gasteiger partial charge in [-0.2, -0.15) is 0 Å². The number of benzene rings is 1. The summed E-state index contributed by atoms with van der Waals surface area (Å²) in [5.74, 6) is -0.701. The van der Waals surface area contributed by atoms with Crippen molar-refractivity contribution in [3.05, 3.63) is 33.3 Å². The molecule has 2 atom stereocenters. The molecule has 0 aliphatic heterocycles. The van der Waals surface area contributed by atoms with Gasteiger partial charge in [-0.05, 0) is 40.5 Å². The first-order valence-electron chi connectivity index (χ1n) is 5.50. The summed E-state index contributed by atoms with van der Waals surface area (Å²) < 4.78 is 5.38. The van der Waals surface area contributed by atoms with E-state index < -0.39 is 18.1 Å². The molecule has 0 spiro atoms. The van der Waals surface area contributed by atoms with Gasteiger partial charge in [0.1, 0.15) is 6.10 Å². The zero-order valence-corrected chi connectivity index (χ0v) is 12.4. The maximum Gasteiger partial charge on any atom is 0.331 e. The number of esters is 1. The molecule has 2 N–H and O–H groups in total. The first kappa shape index (κ1) is 15.9. The van der Waals surface area contributed by atoms with Crippen LogP contribution in [-0.4, -0.2) is 30.1 Å². The Labute approximate surface area is 124 Å². The van der Waals surface area contributed by atoms with Crippen LogP contribution in [0.1, 0.15) is 18.6 Å². The second-order valence-electron chi connectivity index (χ2n) is 3.63. The number of halogens is 2. The van der Waals surface area contributed by atoms with Gasteiger partial charge in [-0.15, -0.1) is 0 Å². The predicted molar refractivity (Wildman–Crippen MR) is 73.7 cm³/mol. The van der Waals surface area contributed by atoms with Crippen LogP contribution in [0.3, 0.4) is 0 Å². The number of aliphatic hydroxyl groups excluding tert-OH is 1. The largest absolute Gasteiger partial charge is 0.464 e. The second kappa shape index (κ2) is 7.47. The zero-order valence-electron chi connectivity index (χ0n) is 10.1. The summed E-state index contributed by atoms with van der Waals surface area (Å²) in [5, 5.41) is 12.9. The van der Waals surface area contributed by atoms with E-state index in [4.69, 9.17) is 16.3 Å². The highest BCUT2D eigenvalue weighted by Crippen LogP contribution is 2.27. The number of aliphatic hydroxyl groups is 1. The number of hydrogen-bond donors (Lipinski definition) is 2. The average Bonchev–Trinajstić information content (AvgIpc) is 2.38. The molecule has 5 nitrogen and oxygen atoms in total. The smallest absolute Gasteiger partial charge is 0.331 e. The van der Waals surface area contributed by atoms with Crippen molar-refractivity contribution in [2.24, 2.45) is 0 Å². The maximum atomic E-state index is 11.7. The summed E-state index contributed by atoms with van der Waals surface area (Å²) in [6.07, 6.45) is -0.881. The van der Waals surface area contributed by atoms with Crippen LogP contribution in [0.4, 0.5) is 0 Å². The van der Waals surface area contributed by atoms with Crippen LogP contribution >= 0.6 is 27.5 Å². The highest BCUT2D eigenvalue weighted by molar-refractivity contribution is 9.10. The Kier molecular flexibility index (Phi) is 6.27. The fraction of sp³-hybridized carbons (Fsp3) is 0.333. The van der Waals surface area contributed by atoms with Crippen molar-refractivity contribution in [1.82, 2.24) is 5.32 Å². The summed E-state index contributed by atoms with van der Waals surface area (Å²) in [6.45, 7) is 1.80. The number of rotatable bonds is 6. The molecule has 7 heteroatoms. The third kappa shape index (κ3) is 4.19. The molecule has 0 fully saturated rings. The number of carbonyl (C=O) groups is 2. The van der Waals surface area contributed by atoms with E-state index in [1.54, 1.807) is 25.1 Å². The van der Waals surface area contributed by atoms with E-state index in [0.717, 1.165) is 0 Å².